The summed E-state index contributed by atoms with van der Waals surface area (Å²) < 4.78 is 66.7. The van der Waals surface area contributed by atoms with Gasteiger partial charge in [0.05, 0.1) is 10.4 Å². The fourth-order valence-corrected chi connectivity index (χ4v) is 7.29. The van der Waals surface area contributed by atoms with Gasteiger partial charge in [0, 0.05) is 31.2 Å². The Morgan fingerprint density at radius 3 is 2.39 bits per heavy atom. The molecule has 3 aromatic rings. The van der Waals surface area contributed by atoms with Gasteiger partial charge in [-0.3, -0.25) is 0 Å². The molecule has 0 aliphatic carbocycles. The quantitative estimate of drug-likeness (QED) is 0.350. The summed E-state index contributed by atoms with van der Waals surface area (Å²) in [6.07, 6.45) is -3.61. The lowest BCUT2D eigenvalue weighted by Gasteiger charge is -2.40. The van der Waals surface area contributed by atoms with Crippen molar-refractivity contribution in [2.45, 2.75) is 57.9 Å². The topological polar surface area (TPSA) is 149 Å². The summed E-state index contributed by atoms with van der Waals surface area (Å²) in [4.78, 5) is 24.2. The minimum absolute atomic E-state index is 0.00426. The zero-order valence-electron chi connectivity index (χ0n) is 22.6. The van der Waals surface area contributed by atoms with Gasteiger partial charge in [-0.25, -0.2) is 19.7 Å². The minimum atomic E-state index is -4.61. The van der Waals surface area contributed by atoms with Crippen LogP contribution in [0.25, 0.3) is 10.4 Å². The zero-order chi connectivity index (χ0) is 30.4. The standard InChI is InChI=1S/C25H29F3N6O5S2/c1-15-11-16(13-17(12-15)31-21-29-8-5-19(32-21)25(26,27)28)18-14-30-20(40-18)24(37)6-9-33(10-7-24)41(38,39)34(22(35)36)23(2,3)4/h5,8,11-14,37H,6-7,9-10H2,1-4H3,(H,35,36)(H,29,31,32). The highest BCUT2D eigenvalue weighted by Crippen LogP contribution is 2.40. The Morgan fingerprint density at radius 1 is 1.15 bits per heavy atom. The second-order valence-corrected chi connectivity index (χ2v) is 13.5. The number of benzene rings is 1. The number of amides is 1. The molecule has 41 heavy (non-hydrogen) atoms. The number of piperidine rings is 1. The normalized spacial score (nSPS) is 16.4. The Labute approximate surface area is 238 Å². The van der Waals surface area contributed by atoms with Gasteiger partial charge in [-0.2, -0.15) is 30.2 Å². The molecule has 2 aromatic heterocycles. The smallest absolute Gasteiger partial charge is 0.433 e. The molecule has 0 saturated carbocycles. The molecule has 0 atom stereocenters. The molecule has 0 bridgehead atoms. The second-order valence-electron chi connectivity index (χ2n) is 10.7. The van der Waals surface area contributed by atoms with Crippen molar-refractivity contribution in [2.24, 2.45) is 0 Å². The van der Waals surface area contributed by atoms with Crippen molar-refractivity contribution >= 4 is 39.3 Å². The molecule has 0 spiro atoms. The second kappa shape index (κ2) is 10.8. The summed E-state index contributed by atoms with van der Waals surface area (Å²) in [7, 11) is -4.34. The molecule has 1 fully saturated rings. The number of hydrogen-bond donors (Lipinski definition) is 3. The van der Waals surface area contributed by atoms with Crippen LogP contribution in [0, 0.1) is 6.92 Å². The molecule has 1 amide bonds. The van der Waals surface area contributed by atoms with Crippen molar-refractivity contribution in [2.75, 3.05) is 18.4 Å². The maximum Gasteiger partial charge on any atom is 0.433 e. The van der Waals surface area contributed by atoms with Crippen molar-refractivity contribution < 1.29 is 36.6 Å². The molecule has 1 aromatic carbocycles. The summed E-state index contributed by atoms with van der Waals surface area (Å²) in [5, 5.41) is 24.1. The van der Waals surface area contributed by atoms with E-state index in [-0.39, 0.29) is 31.9 Å². The minimum Gasteiger partial charge on any atom is -0.464 e. The van der Waals surface area contributed by atoms with Gasteiger partial charge in [0.2, 0.25) is 5.95 Å². The van der Waals surface area contributed by atoms with Crippen LogP contribution in [0.4, 0.5) is 29.6 Å². The monoisotopic (exact) mass is 614 g/mol. The van der Waals surface area contributed by atoms with Crippen LogP contribution in [0.5, 0.6) is 0 Å². The van der Waals surface area contributed by atoms with Gasteiger partial charge in [-0.1, -0.05) is 6.07 Å². The van der Waals surface area contributed by atoms with Crippen molar-refractivity contribution in [1.82, 2.24) is 23.6 Å². The average Bonchev–Trinajstić information content (AvgIpc) is 3.34. The Bertz CT molecular complexity index is 1550. The van der Waals surface area contributed by atoms with E-state index in [9.17, 15) is 36.6 Å². The number of carbonyl (C=O) groups is 1. The van der Waals surface area contributed by atoms with E-state index in [0.717, 1.165) is 22.1 Å². The Balaban J connectivity index is 1.52. The van der Waals surface area contributed by atoms with Crippen LogP contribution in [0.2, 0.25) is 0 Å². The summed E-state index contributed by atoms with van der Waals surface area (Å²) in [5.74, 6) is -0.217. The molecule has 1 aliphatic rings. The molecule has 4 rings (SSSR count). The Hall–Kier alpha value is -3.34. The third kappa shape index (κ3) is 6.60. The molecule has 3 heterocycles. The predicted molar refractivity (Wildman–Crippen MR) is 146 cm³/mol. The summed E-state index contributed by atoms with van der Waals surface area (Å²) in [5.41, 5.74) is -1.76. The molecule has 0 radical (unpaired) electrons. The van der Waals surface area contributed by atoms with Gasteiger partial charge in [0.1, 0.15) is 16.3 Å². The number of hydrogen-bond acceptors (Lipinski definition) is 9. The maximum atomic E-state index is 13.1. The van der Waals surface area contributed by atoms with Crippen LogP contribution in [0.1, 0.15) is 49.9 Å². The third-order valence-corrected chi connectivity index (χ3v) is 9.78. The van der Waals surface area contributed by atoms with E-state index in [1.165, 1.54) is 32.1 Å². The first-order chi connectivity index (χ1) is 18.9. The zero-order valence-corrected chi connectivity index (χ0v) is 24.2. The summed E-state index contributed by atoms with van der Waals surface area (Å²) in [6.45, 7) is 6.04. The van der Waals surface area contributed by atoms with E-state index in [1.807, 2.05) is 13.0 Å². The SMILES string of the molecule is Cc1cc(Nc2nccc(C(F)(F)F)n2)cc(-c2cnc(C3(O)CCN(S(=O)(=O)N(C(=O)O)C(C)(C)C)CC3)s2)c1. The van der Waals surface area contributed by atoms with E-state index < -0.39 is 39.3 Å². The van der Waals surface area contributed by atoms with Gasteiger partial charge in [-0.15, -0.1) is 11.3 Å². The molecular weight excluding hydrogens is 585 g/mol. The first kappa shape index (κ1) is 30.6. The van der Waals surface area contributed by atoms with E-state index in [1.54, 1.807) is 18.3 Å². The number of nitrogens with one attached hydrogen (secondary N) is 1. The number of aliphatic hydroxyl groups is 1. The van der Waals surface area contributed by atoms with Crippen molar-refractivity contribution in [3.63, 3.8) is 0 Å². The third-order valence-electron chi connectivity index (χ3n) is 6.36. The van der Waals surface area contributed by atoms with E-state index in [2.05, 4.69) is 20.3 Å². The van der Waals surface area contributed by atoms with Crippen molar-refractivity contribution in [3.05, 3.63) is 52.9 Å². The van der Waals surface area contributed by atoms with Gasteiger partial charge < -0.3 is 15.5 Å². The maximum absolute atomic E-state index is 13.1. The van der Waals surface area contributed by atoms with Gasteiger partial charge in [-0.05, 0) is 69.9 Å². The van der Waals surface area contributed by atoms with Crippen LogP contribution in [0.15, 0.2) is 36.7 Å². The molecule has 16 heteroatoms. The molecule has 1 saturated heterocycles. The molecular formula is C25H29F3N6O5S2. The van der Waals surface area contributed by atoms with Crippen LogP contribution in [-0.2, 0) is 22.0 Å². The van der Waals surface area contributed by atoms with Crippen molar-refractivity contribution in [3.8, 4) is 10.4 Å². The first-order valence-electron chi connectivity index (χ1n) is 12.4. The largest absolute Gasteiger partial charge is 0.464 e. The molecule has 3 N–H and O–H groups in total. The molecule has 1 aliphatic heterocycles. The number of carboxylic acid groups (broad SMARTS) is 1. The number of anilines is 2. The Kier molecular flexibility index (Phi) is 8.07. The summed E-state index contributed by atoms with van der Waals surface area (Å²) in [6, 6.07) is 6.04. The first-order valence-corrected chi connectivity index (χ1v) is 14.6. The fraction of sp³-hybridized carbons (Fsp3) is 0.440. The molecule has 222 valence electrons. The van der Waals surface area contributed by atoms with E-state index in [0.29, 0.717) is 25.4 Å². The number of alkyl halides is 3. The van der Waals surface area contributed by atoms with Crippen LogP contribution in [0.3, 0.4) is 0 Å². The molecule has 11 nitrogen and oxygen atoms in total. The Morgan fingerprint density at radius 2 is 1.80 bits per heavy atom. The van der Waals surface area contributed by atoms with Crippen LogP contribution < -0.4 is 5.32 Å². The van der Waals surface area contributed by atoms with E-state index in [4.69, 9.17) is 0 Å². The number of aromatic nitrogens is 3. The van der Waals surface area contributed by atoms with Gasteiger partial charge in [0.15, 0.2) is 0 Å². The lowest BCUT2D eigenvalue weighted by atomic mass is 9.93. The summed E-state index contributed by atoms with van der Waals surface area (Å²) >= 11 is 1.20. The fourth-order valence-electron chi connectivity index (χ4n) is 4.47. The lowest BCUT2D eigenvalue weighted by molar-refractivity contribution is -0.141. The molecule has 0 unspecified atom stereocenters. The lowest BCUT2D eigenvalue weighted by Crippen LogP contribution is -2.57. The van der Waals surface area contributed by atoms with Crippen LogP contribution >= 0.6 is 11.3 Å². The van der Waals surface area contributed by atoms with Gasteiger partial charge in [0.25, 0.3) is 0 Å². The number of rotatable bonds is 6. The highest BCUT2D eigenvalue weighted by molar-refractivity contribution is 7.87. The predicted octanol–water partition coefficient (Wildman–Crippen LogP) is 4.98. The highest BCUT2D eigenvalue weighted by atomic mass is 32.2. The number of nitrogens with zero attached hydrogens (tertiary/aromatic N) is 5. The van der Waals surface area contributed by atoms with Crippen LogP contribution in [-0.4, -0.2) is 66.9 Å². The van der Waals surface area contributed by atoms with E-state index >= 15 is 0 Å². The van der Waals surface area contributed by atoms with Crippen molar-refractivity contribution in [1.29, 1.82) is 0 Å². The average molecular weight is 615 g/mol. The number of thiazole rings is 1. The number of aryl methyl sites for hydroxylation is 1. The highest BCUT2D eigenvalue weighted by Gasteiger charge is 2.45. The van der Waals surface area contributed by atoms with Gasteiger partial charge >= 0.3 is 22.5 Å². The number of halogens is 3.